The zero-order valence-electron chi connectivity index (χ0n) is 9.04. The van der Waals surface area contributed by atoms with Crippen LogP contribution in [-0.4, -0.2) is 28.4 Å². The van der Waals surface area contributed by atoms with Crippen LogP contribution in [0.5, 0.6) is 5.75 Å². The predicted molar refractivity (Wildman–Crippen MR) is 60.1 cm³/mol. The third-order valence-corrected chi connectivity index (χ3v) is 2.94. The lowest BCUT2D eigenvalue weighted by Gasteiger charge is -1.90. The standard InChI is InChI=1S/C10H10N2O4S/c1-15-6-4-7(17-5-6)10-12-11-8(16-10)2-3-9(13)14/h4-5H,2-3H2,1H3,(H,13,14). The number of methoxy groups -OCH3 is 1. The van der Waals surface area contributed by atoms with E-state index in [1.165, 1.54) is 11.3 Å². The number of hydrogen-bond acceptors (Lipinski definition) is 6. The van der Waals surface area contributed by atoms with Crippen LogP contribution >= 0.6 is 11.3 Å². The minimum Gasteiger partial charge on any atom is -0.496 e. The lowest BCUT2D eigenvalue weighted by atomic mass is 10.3. The smallest absolute Gasteiger partial charge is 0.303 e. The van der Waals surface area contributed by atoms with Crippen molar-refractivity contribution in [2.24, 2.45) is 0 Å². The molecule has 0 unspecified atom stereocenters. The molecule has 0 aromatic carbocycles. The largest absolute Gasteiger partial charge is 0.496 e. The first-order valence-electron chi connectivity index (χ1n) is 4.86. The Hall–Kier alpha value is -1.89. The molecule has 17 heavy (non-hydrogen) atoms. The van der Waals surface area contributed by atoms with Crippen molar-refractivity contribution in [1.29, 1.82) is 0 Å². The number of thiophene rings is 1. The molecule has 0 aliphatic carbocycles. The number of aryl methyl sites for hydroxylation is 1. The van der Waals surface area contributed by atoms with Gasteiger partial charge in [0.15, 0.2) is 0 Å². The maximum Gasteiger partial charge on any atom is 0.303 e. The van der Waals surface area contributed by atoms with Gasteiger partial charge < -0.3 is 14.3 Å². The molecule has 2 aromatic heterocycles. The van der Waals surface area contributed by atoms with Gasteiger partial charge in [-0.1, -0.05) is 0 Å². The molecule has 0 saturated heterocycles. The second-order valence-corrected chi connectivity index (χ2v) is 4.16. The highest BCUT2D eigenvalue weighted by Crippen LogP contribution is 2.29. The van der Waals surface area contributed by atoms with Gasteiger partial charge in [-0.25, -0.2) is 0 Å². The Kier molecular flexibility index (Phi) is 3.38. The average molecular weight is 254 g/mol. The molecule has 0 radical (unpaired) electrons. The predicted octanol–water partition coefficient (Wildman–Crippen LogP) is 1.82. The molecule has 0 saturated carbocycles. The number of rotatable bonds is 5. The van der Waals surface area contributed by atoms with Gasteiger partial charge in [0.2, 0.25) is 5.89 Å². The van der Waals surface area contributed by atoms with Crippen LogP contribution in [-0.2, 0) is 11.2 Å². The van der Waals surface area contributed by atoms with Crippen LogP contribution in [0.25, 0.3) is 10.8 Å². The molecule has 0 fully saturated rings. The van der Waals surface area contributed by atoms with Crippen molar-refractivity contribution in [3.05, 3.63) is 17.3 Å². The monoisotopic (exact) mass is 254 g/mol. The first kappa shape index (κ1) is 11.6. The maximum atomic E-state index is 10.4. The SMILES string of the molecule is COc1csc(-c2nnc(CCC(=O)O)o2)c1. The van der Waals surface area contributed by atoms with Crippen molar-refractivity contribution in [1.82, 2.24) is 10.2 Å². The minimum absolute atomic E-state index is 0.0185. The molecule has 0 amide bonds. The molecule has 0 spiro atoms. The molecule has 90 valence electrons. The summed E-state index contributed by atoms with van der Waals surface area (Å²) in [6, 6.07) is 1.79. The van der Waals surface area contributed by atoms with Crippen molar-refractivity contribution in [3.63, 3.8) is 0 Å². The lowest BCUT2D eigenvalue weighted by molar-refractivity contribution is -0.137. The van der Waals surface area contributed by atoms with E-state index in [9.17, 15) is 4.79 Å². The lowest BCUT2D eigenvalue weighted by Crippen LogP contribution is -1.97. The molecule has 2 rings (SSSR count). The Labute approximate surface area is 101 Å². The van der Waals surface area contributed by atoms with E-state index in [4.69, 9.17) is 14.3 Å². The van der Waals surface area contributed by atoms with E-state index in [2.05, 4.69) is 10.2 Å². The van der Waals surface area contributed by atoms with Crippen molar-refractivity contribution in [2.45, 2.75) is 12.8 Å². The van der Waals surface area contributed by atoms with Gasteiger partial charge in [0.1, 0.15) is 5.75 Å². The molecule has 1 N–H and O–H groups in total. The fraction of sp³-hybridized carbons (Fsp3) is 0.300. The second-order valence-electron chi connectivity index (χ2n) is 3.25. The minimum atomic E-state index is -0.887. The van der Waals surface area contributed by atoms with E-state index in [-0.39, 0.29) is 12.8 Å². The zero-order chi connectivity index (χ0) is 12.3. The average Bonchev–Trinajstić information content (AvgIpc) is 2.94. The quantitative estimate of drug-likeness (QED) is 0.876. The van der Waals surface area contributed by atoms with Crippen LogP contribution in [0.3, 0.4) is 0 Å². The van der Waals surface area contributed by atoms with Gasteiger partial charge in [-0.15, -0.1) is 21.5 Å². The van der Waals surface area contributed by atoms with Gasteiger partial charge in [0.05, 0.1) is 18.4 Å². The Morgan fingerprint density at radius 3 is 3.06 bits per heavy atom. The summed E-state index contributed by atoms with van der Waals surface area (Å²) in [6.07, 6.45) is 0.222. The summed E-state index contributed by atoms with van der Waals surface area (Å²) in [6.45, 7) is 0. The van der Waals surface area contributed by atoms with E-state index in [0.717, 1.165) is 10.6 Å². The first-order valence-corrected chi connectivity index (χ1v) is 5.74. The summed E-state index contributed by atoms with van der Waals surface area (Å²) in [5.41, 5.74) is 0. The van der Waals surface area contributed by atoms with E-state index in [1.54, 1.807) is 13.2 Å². The molecule has 6 nitrogen and oxygen atoms in total. The van der Waals surface area contributed by atoms with Crippen LogP contribution in [0.15, 0.2) is 15.9 Å². The summed E-state index contributed by atoms with van der Waals surface area (Å²) in [5, 5.41) is 18.0. The number of carboxylic acids is 1. The Morgan fingerprint density at radius 2 is 2.41 bits per heavy atom. The van der Waals surface area contributed by atoms with Gasteiger partial charge in [-0.05, 0) is 0 Å². The van der Waals surface area contributed by atoms with Gasteiger partial charge in [0.25, 0.3) is 5.89 Å². The summed E-state index contributed by atoms with van der Waals surface area (Å²) in [7, 11) is 1.58. The van der Waals surface area contributed by atoms with Gasteiger partial charge >= 0.3 is 5.97 Å². The van der Waals surface area contributed by atoms with Crippen LogP contribution in [0.1, 0.15) is 12.3 Å². The number of ether oxygens (including phenoxy) is 1. The van der Waals surface area contributed by atoms with Crippen molar-refractivity contribution < 1.29 is 19.1 Å². The van der Waals surface area contributed by atoms with Gasteiger partial charge in [-0.3, -0.25) is 4.79 Å². The number of carbonyl (C=O) groups is 1. The molecule has 0 atom stereocenters. The molecule has 0 bridgehead atoms. The number of hydrogen-bond donors (Lipinski definition) is 1. The Morgan fingerprint density at radius 1 is 1.59 bits per heavy atom. The normalized spacial score (nSPS) is 10.4. The van der Waals surface area contributed by atoms with Crippen LogP contribution in [0.4, 0.5) is 0 Å². The first-order chi connectivity index (χ1) is 8.19. The third-order valence-electron chi connectivity index (χ3n) is 2.04. The molecule has 2 aromatic rings. The molecule has 0 aliphatic rings. The van der Waals surface area contributed by atoms with E-state index < -0.39 is 5.97 Å². The summed E-state index contributed by atoms with van der Waals surface area (Å²) in [5.74, 6) is 0.561. The van der Waals surface area contributed by atoms with E-state index >= 15 is 0 Å². The number of aliphatic carboxylic acids is 1. The van der Waals surface area contributed by atoms with Crippen molar-refractivity contribution >= 4 is 17.3 Å². The molecule has 7 heteroatoms. The third kappa shape index (κ3) is 2.82. The number of aromatic nitrogens is 2. The topological polar surface area (TPSA) is 85.5 Å². The highest BCUT2D eigenvalue weighted by atomic mass is 32.1. The fourth-order valence-electron chi connectivity index (χ4n) is 1.21. The number of carboxylic acid groups (broad SMARTS) is 1. The molecule has 0 aliphatic heterocycles. The van der Waals surface area contributed by atoms with Crippen molar-refractivity contribution in [2.75, 3.05) is 7.11 Å². The summed E-state index contributed by atoms with van der Waals surface area (Å²) < 4.78 is 10.4. The zero-order valence-corrected chi connectivity index (χ0v) is 9.86. The maximum absolute atomic E-state index is 10.4. The molecular formula is C10H10N2O4S. The van der Waals surface area contributed by atoms with Crippen LogP contribution in [0.2, 0.25) is 0 Å². The molecular weight excluding hydrogens is 244 g/mol. The molecule has 2 heterocycles. The van der Waals surface area contributed by atoms with E-state index in [1.807, 2.05) is 5.38 Å². The summed E-state index contributed by atoms with van der Waals surface area (Å²) >= 11 is 1.43. The summed E-state index contributed by atoms with van der Waals surface area (Å²) in [4.78, 5) is 11.2. The van der Waals surface area contributed by atoms with Crippen molar-refractivity contribution in [3.8, 4) is 16.5 Å². The highest BCUT2D eigenvalue weighted by molar-refractivity contribution is 7.13. The van der Waals surface area contributed by atoms with E-state index in [0.29, 0.717) is 11.8 Å². The fourth-order valence-corrected chi connectivity index (χ4v) is 1.98. The second kappa shape index (κ2) is 4.96. The Bertz CT molecular complexity index is 520. The van der Waals surface area contributed by atoms with Crippen LogP contribution < -0.4 is 4.74 Å². The number of nitrogens with zero attached hydrogens (tertiary/aromatic N) is 2. The highest BCUT2D eigenvalue weighted by Gasteiger charge is 2.12. The van der Waals surface area contributed by atoms with Crippen LogP contribution in [0, 0.1) is 0 Å². The van der Waals surface area contributed by atoms with Gasteiger partial charge in [-0.2, -0.15) is 0 Å². The Balaban J connectivity index is 2.09. The van der Waals surface area contributed by atoms with Gasteiger partial charge in [0, 0.05) is 17.9 Å².